The molecular formula is C12H11F2IO2. The molecule has 1 unspecified atom stereocenters. The molecule has 1 aromatic rings. The lowest BCUT2D eigenvalue weighted by Crippen LogP contribution is -2.14. The molecule has 0 amide bonds. The van der Waals surface area contributed by atoms with E-state index in [4.69, 9.17) is 4.74 Å². The largest absolute Gasteiger partial charge is 0.455 e. The first kappa shape index (κ1) is 14.1. The zero-order valence-electron chi connectivity index (χ0n) is 9.34. The van der Waals surface area contributed by atoms with Gasteiger partial charge in [-0.25, -0.2) is 13.6 Å². The van der Waals surface area contributed by atoms with Gasteiger partial charge in [-0.2, -0.15) is 0 Å². The standard InChI is InChI=1S/C12H11F2IO2/c1-3-4-7(2)17-12(16)8-5-9(13)10(14)6-11(8)15/h3-7H,1-2H3. The summed E-state index contributed by atoms with van der Waals surface area (Å²) in [6, 6.07) is 1.81. The fourth-order valence-electron chi connectivity index (χ4n) is 1.22. The fourth-order valence-corrected chi connectivity index (χ4v) is 1.87. The molecule has 17 heavy (non-hydrogen) atoms. The van der Waals surface area contributed by atoms with Crippen molar-refractivity contribution in [2.24, 2.45) is 0 Å². The van der Waals surface area contributed by atoms with Gasteiger partial charge in [0.05, 0.1) is 5.56 Å². The first-order valence-corrected chi connectivity index (χ1v) is 6.02. The van der Waals surface area contributed by atoms with Gasteiger partial charge < -0.3 is 4.74 Å². The van der Waals surface area contributed by atoms with Crippen molar-refractivity contribution in [1.82, 2.24) is 0 Å². The summed E-state index contributed by atoms with van der Waals surface area (Å²) in [6.45, 7) is 3.48. The van der Waals surface area contributed by atoms with E-state index in [0.29, 0.717) is 3.57 Å². The monoisotopic (exact) mass is 352 g/mol. The zero-order chi connectivity index (χ0) is 13.0. The molecule has 0 N–H and O–H groups in total. The van der Waals surface area contributed by atoms with Crippen LogP contribution in [0.15, 0.2) is 24.3 Å². The Morgan fingerprint density at radius 1 is 1.41 bits per heavy atom. The number of hydrogen-bond donors (Lipinski definition) is 0. The molecule has 5 heteroatoms. The van der Waals surface area contributed by atoms with E-state index in [0.717, 1.165) is 12.1 Å². The number of ether oxygens (including phenoxy) is 1. The van der Waals surface area contributed by atoms with Gasteiger partial charge in [0.15, 0.2) is 11.6 Å². The number of hydrogen-bond acceptors (Lipinski definition) is 2. The Bertz CT molecular complexity index is 458. The highest BCUT2D eigenvalue weighted by atomic mass is 127. The van der Waals surface area contributed by atoms with E-state index in [-0.39, 0.29) is 5.56 Å². The maximum absolute atomic E-state index is 13.0. The van der Waals surface area contributed by atoms with Crippen LogP contribution in [0.25, 0.3) is 0 Å². The van der Waals surface area contributed by atoms with Crippen LogP contribution in [0.5, 0.6) is 0 Å². The lowest BCUT2D eigenvalue weighted by Gasteiger charge is -2.10. The van der Waals surface area contributed by atoms with E-state index in [9.17, 15) is 13.6 Å². The number of rotatable bonds is 3. The van der Waals surface area contributed by atoms with Crippen molar-refractivity contribution in [1.29, 1.82) is 0 Å². The fraction of sp³-hybridized carbons (Fsp3) is 0.250. The Morgan fingerprint density at radius 3 is 2.59 bits per heavy atom. The van der Waals surface area contributed by atoms with E-state index in [1.54, 1.807) is 48.6 Å². The van der Waals surface area contributed by atoms with E-state index in [2.05, 4.69) is 0 Å². The van der Waals surface area contributed by atoms with Crippen LogP contribution < -0.4 is 0 Å². The molecule has 0 spiro atoms. The number of allylic oxidation sites excluding steroid dienone is 1. The van der Waals surface area contributed by atoms with Gasteiger partial charge in [-0.05, 0) is 54.6 Å². The predicted molar refractivity (Wildman–Crippen MR) is 68.8 cm³/mol. The van der Waals surface area contributed by atoms with Crippen LogP contribution in [0.4, 0.5) is 8.78 Å². The molecule has 1 rings (SSSR count). The Morgan fingerprint density at radius 2 is 2.00 bits per heavy atom. The van der Waals surface area contributed by atoms with Gasteiger partial charge in [-0.1, -0.05) is 6.08 Å². The van der Waals surface area contributed by atoms with Crippen LogP contribution >= 0.6 is 22.6 Å². The van der Waals surface area contributed by atoms with Crippen molar-refractivity contribution in [3.05, 3.63) is 45.1 Å². The third-order valence-corrected chi connectivity index (χ3v) is 2.88. The maximum atomic E-state index is 13.0. The Labute approximate surface area is 112 Å². The topological polar surface area (TPSA) is 26.3 Å². The molecule has 0 aromatic heterocycles. The Hall–Kier alpha value is -0.980. The van der Waals surface area contributed by atoms with E-state index < -0.39 is 23.7 Å². The van der Waals surface area contributed by atoms with Gasteiger partial charge in [-0.15, -0.1) is 0 Å². The smallest absolute Gasteiger partial charge is 0.339 e. The van der Waals surface area contributed by atoms with E-state index in [1.165, 1.54) is 0 Å². The van der Waals surface area contributed by atoms with E-state index in [1.807, 2.05) is 0 Å². The first-order chi connectivity index (χ1) is 7.95. The van der Waals surface area contributed by atoms with Crippen LogP contribution in [0.1, 0.15) is 24.2 Å². The SMILES string of the molecule is CC=CC(C)OC(=O)c1cc(F)c(F)cc1I. The molecule has 0 radical (unpaired) electrons. The number of esters is 1. The highest BCUT2D eigenvalue weighted by Crippen LogP contribution is 2.18. The molecule has 92 valence electrons. The molecule has 0 saturated heterocycles. The molecular weight excluding hydrogens is 341 g/mol. The minimum absolute atomic E-state index is 0.0286. The van der Waals surface area contributed by atoms with Crippen LogP contribution in [-0.4, -0.2) is 12.1 Å². The molecule has 2 nitrogen and oxygen atoms in total. The summed E-state index contributed by atoms with van der Waals surface area (Å²) < 4.78 is 31.2. The van der Waals surface area contributed by atoms with Crippen LogP contribution in [0.2, 0.25) is 0 Å². The van der Waals surface area contributed by atoms with Gasteiger partial charge in [0.2, 0.25) is 0 Å². The van der Waals surface area contributed by atoms with Crippen LogP contribution in [-0.2, 0) is 4.74 Å². The van der Waals surface area contributed by atoms with Crippen molar-refractivity contribution in [2.75, 3.05) is 0 Å². The van der Waals surface area contributed by atoms with Crippen LogP contribution in [0.3, 0.4) is 0 Å². The summed E-state index contributed by atoms with van der Waals surface area (Å²) in [5.41, 5.74) is 0.0286. The van der Waals surface area contributed by atoms with Gasteiger partial charge in [0.1, 0.15) is 6.10 Å². The highest BCUT2D eigenvalue weighted by Gasteiger charge is 2.17. The normalized spacial score (nSPS) is 12.8. The van der Waals surface area contributed by atoms with Crippen molar-refractivity contribution in [2.45, 2.75) is 20.0 Å². The van der Waals surface area contributed by atoms with Crippen LogP contribution in [0, 0.1) is 15.2 Å². The summed E-state index contributed by atoms with van der Waals surface area (Å²) in [5, 5.41) is 0. The van der Waals surface area contributed by atoms with Crippen molar-refractivity contribution in [3.8, 4) is 0 Å². The second kappa shape index (κ2) is 6.09. The minimum atomic E-state index is -1.06. The van der Waals surface area contributed by atoms with Crippen molar-refractivity contribution < 1.29 is 18.3 Å². The third-order valence-electron chi connectivity index (χ3n) is 1.99. The minimum Gasteiger partial charge on any atom is -0.455 e. The van der Waals surface area contributed by atoms with Crippen molar-refractivity contribution >= 4 is 28.6 Å². The number of carbonyl (C=O) groups excluding carboxylic acids is 1. The van der Waals surface area contributed by atoms with Gasteiger partial charge in [0, 0.05) is 3.57 Å². The number of carbonyl (C=O) groups is 1. The molecule has 0 fully saturated rings. The molecule has 0 aliphatic carbocycles. The molecule has 0 bridgehead atoms. The maximum Gasteiger partial charge on any atom is 0.339 e. The summed E-state index contributed by atoms with van der Waals surface area (Å²) in [6.07, 6.45) is 3.02. The van der Waals surface area contributed by atoms with Gasteiger partial charge >= 0.3 is 5.97 Å². The molecule has 0 heterocycles. The van der Waals surface area contributed by atoms with Crippen molar-refractivity contribution in [3.63, 3.8) is 0 Å². The quantitative estimate of drug-likeness (QED) is 0.359. The number of halogens is 3. The number of benzene rings is 1. The average Bonchev–Trinajstić information content (AvgIpc) is 2.23. The first-order valence-electron chi connectivity index (χ1n) is 4.94. The molecule has 1 atom stereocenters. The summed E-state index contributed by atoms with van der Waals surface area (Å²) in [5.74, 6) is -2.71. The van der Waals surface area contributed by atoms with E-state index >= 15 is 0 Å². The molecule has 0 saturated carbocycles. The second-order valence-corrected chi connectivity index (χ2v) is 4.54. The predicted octanol–water partition coefficient (Wildman–Crippen LogP) is 3.69. The summed E-state index contributed by atoms with van der Waals surface area (Å²) in [7, 11) is 0. The Kier molecular flexibility index (Phi) is 5.04. The average molecular weight is 352 g/mol. The highest BCUT2D eigenvalue weighted by molar-refractivity contribution is 14.1. The Balaban J connectivity index is 2.93. The summed E-state index contributed by atoms with van der Waals surface area (Å²) in [4.78, 5) is 11.7. The molecule has 0 aliphatic rings. The molecule has 1 aromatic carbocycles. The van der Waals surface area contributed by atoms with Gasteiger partial charge in [-0.3, -0.25) is 0 Å². The lowest BCUT2D eigenvalue weighted by atomic mass is 10.2. The lowest BCUT2D eigenvalue weighted by molar-refractivity contribution is 0.0422. The zero-order valence-corrected chi connectivity index (χ0v) is 11.5. The third kappa shape index (κ3) is 3.76. The summed E-state index contributed by atoms with van der Waals surface area (Å²) >= 11 is 1.76. The van der Waals surface area contributed by atoms with Gasteiger partial charge in [0.25, 0.3) is 0 Å². The molecule has 0 aliphatic heterocycles. The second-order valence-electron chi connectivity index (χ2n) is 3.38.